The van der Waals surface area contributed by atoms with E-state index >= 15 is 0 Å². The van der Waals surface area contributed by atoms with Gasteiger partial charge in [-0.05, 0) is 32.4 Å². The number of hydrogen-bond donors (Lipinski definition) is 0. The summed E-state index contributed by atoms with van der Waals surface area (Å²) < 4.78 is 10.5. The van der Waals surface area contributed by atoms with Crippen molar-refractivity contribution in [2.45, 2.75) is 26.4 Å². The van der Waals surface area contributed by atoms with E-state index in [1.54, 1.807) is 17.0 Å². The van der Waals surface area contributed by atoms with Gasteiger partial charge in [0.15, 0.2) is 0 Å². The Bertz CT molecular complexity index is 519. The number of carbonyl (C=O) groups is 2. The Morgan fingerprint density at radius 2 is 1.83 bits per heavy atom. The zero-order chi connectivity index (χ0) is 16.7. The highest BCUT2D eigenvalue weighted by molar-refractivity contribution is 5.72. The molecule has 1 amide bonds. The van der Waals surface area contributed by atoms with Crippen LogP contribution < -0.4 is 4.74 Å². The van der Waals surface area contributed by atoms with Gasteiger partial charge in [0.25, 0.3) is 0 Å². The Morgan fingerprint density at radius 3 is 2.52 bits per heavy atom. The Balaban J connectivity index is 1.81. The van der Waals surface area contributed by atoms with Gasteiger partial charge >= 0.3 is 12.1 Å². The van der Waals surface area contributed by atoms with Crippen LogP contribution in [0.5, 0.6) is 5.75 Å². The lowest BCUT2D eigenvalue weighted by atomic mass is 10.3. The molecule has 6 nitrogen and oxygen atoms in total. The van der Waals surface area contributed by atoms with Gasteiger partial charge in [-0.15, -0.1) is 0 Å². The first-order valence-corrected chi connectivity index (χ1v) is 7.98. The summed E-state index contributed by atoms with van der Waals surface area (Å²) >= 11 is 0. The molecular formula is C17H24N2O4. The number of rotatable bonds is 4. The quantitative estimate of drug-likeness (QED) is 0.796. The van der Waals surface area contributed by atoms with Gasteiger partial charge in [0, 0.05) is 26.2 Å². The van der Waals surface area contributed by atoms with Gasteiger partial charge in [-0.25, -0.2) is 4.79 Å². The lowest BCUT2D eigenvalue weighted by Gasteiger charge is -2.21. The van der Waals surface area contributed by atoms with Crippen molar-refractivity contribution >= 4 is 12.1 Å². The number of amides is 1. The molecule has 0 aliphatic carbocycles. The van der Waals surface area contributed by atoms with E-state index in [1.807, 2.05) is 36.9 Å². The van der Waals surface area contributed by atoms with E-state index in [4.69, 9.17) is 9.47 Å². The van der Waals surface area contributed by atoms with Crippen LogP contribution in [0.3, 0.4) is 0 Å². The van der Waals surface area contributed by atoms with E-state index in [0.717, 1.165) is 13.0 Å². The summed E-state index contributed by atoms with van der Waals surface area (Å²) in [6.07, 6.45) is 0.355. The minimum absolute atomic E-state index is 0.105. The van der Waals surface area contributed by atoms with Gasteiger partial charge in [0.1, 0.15) is 5.75 Å². The number of hydrogen-bond acceptors (Lipinski definition) is 5. The van der Waals surface area contributed by atoms with Gasteiger partial charge in [0.05, 0.1) is 12.6 Å². The van der Waals surface area contributed by atoms with Crippen LogP contribution >= 0.6 is 0 Å². The Kier molecular flexibility index (Phi) is 6.40. The van der Waals surface area contributed by atoms with Crippen LogP contribution in [0.4, 0.5) is 4.79 Å². The predicted octanol–water partition coefficient (Wildman–Crippen LogP) is 2.14. The molecular weight excluding hydrogens is 296 g/mol. The number of benzene rings is 1. The van der Waals surface area contributed by atoms with E-state index in [2.05, 4.69) is 0 Å². The summed E-state index contributed by atoms with van der Waals surface area (Å²) in [5.41, 5.74) is 0. The second-order valence-electron chi connectivity index (χ2n) is 5.84. The monoisotopic (exact) mass is 320 g/mol. The fourth-order valence-electron chi connectivity index (χ4n) is 2.45. The van der Waals surface area contributed by atoms with Crippen LogP contribution in [0.1, 0.15) is 20.3 Å². The summed E-state index contributed by atoms with van der Waals surface area (Å²) in [5, 5.41) is 0. The van der Waals surface area contributed by atoms with E-state index in [9.17, 15) is 9.59 Å². The third-order valence-electron chi connectivity index (χ3n) is 3.51. The van der Waals surface area contributed by atoms with Crippen molar-refractivity contribution in [3.8, 4) is 5.75 Å². The first kappa shape index (κ1) is 17.3. The number of para-hydroxylation sites is 1. The smallest absolute Gasteiger partial charge is 0.415 e. The average Bonchev–Trinajstić information content (AvgIpc) is 2.73. The SMILES string of the molecule is CC(C)OC(=O)CN1CCCN(C(=O)Oc2ccccc2)CC1. The number of carbonyl (C=O) groups excluding carboxylic acids is 2. The molecule has 0 radical (unpaired) electrons. The molecule has 0 aromatic heterocycles. The molecule has 0 saturated carbocycles. The van der Waals surface area contributed by atoms with Gasteiger partial charge < -0.3 is 14.4 Å². The minimum atomic E-state index is -0.345. The summed E-state index contributed by atoms with van der Waals surface area (Å²) in [6, 6.07) is 9.03. The molecule has 23 heavy (non-hydrogen) atoms. The van der Waals surface area contributed by atoms with Crippen LogP contribution in [-0.4, -0.2) is 60.7 Å². The van der Waals surface area contributed by atoms with E-state index in [1.165, 1.54) is 0 Å². The topological polar surface area (TPSA) is 59.1 Å². The standard InChI is InChI=1S/C17H24N2O4/c1-14(2)22-16(20)13-18-9-6-10-19(12-11-18)17(21)23-15-7-4-3-5-8-15/h3-5,7-8,14H,6,9-13H2,1-2H3. The van der Waals surface area contributed by atoms with Crippen molar-refractivity contribution in [3.63, 3.8) is 0 Å². The molecule has 0 spiro atoms. The summed E-state index contributed by atoms with van der Waals surface area (Å²) in [6.45, 7) is 6.50. The van der Waals surface area contributed by atoms with Crippen molar-refractivity contribution in [1.29, 1.82) is 0 Å². The van der Waals surface area contributed by atoms with E-state index < -0.39 is 0 Å². The third kappa shape index (κ3) is 5.90. The van der Waals surface area contributed by atoms with Gasteiger partial charge in [0.2, 0.25) is 0 Å². The molecule has 126 valence electrons. The Labute approximate surface area is 137 Å². The van der Waals surface area contributed by atoms with Crippen LogP contribution in [0.15, 0.2) is 30.3 Å². The highest BCUT2D eigenvalue weighted by Gasteiger charge is 2.22. The van der Waals surface area contributed by atoms with Crippen molar-refractivity contribution < 1.29 is 19.1 Å². The van der Waals surface area contributed by atoms with Gasteiger partial charge in [-0.1, -0.05) is 18.2 Å². The molecule has 1 saturated heterocycles. The zero-order valence-electron chi connectivity index (χ0n) is 13.7. The number of nitrogens with zero attached hydrogens (tertiary/aromatic N) is 2. The van der Waals surface area contributed by atoms with Crippen LogP contribution in [0.25, 0.3) is 0 Å². The summed E-state index contributed by atoms with van der Waals surface area (Å²) in [5.74, 6) is 0.319. The lowest BCUT2D eigenvalue weighted by molar-refractivity contribution is -0.148. The summed E-state index contributed by atoms with van der Waals surface area (Å²) in [4.78, 5) is 27.6. The molecule has 1 aliphatic rings. The second kappa shape index (κ2) is 8.53. The largest absolute Gasteiger partial charge is 0.462 e. The maximum Gasteiger partial charge on any atom is 0.415 e. The van der Waals surface area contributed by atoms with Crippen molar-refractivity contribution in [2.75, 3.05) is 32.7 Å². The van der Waals surface area contributed by atoms with Crippen molar-refractivity contribution in [3.05, 3.63) is 30.3 Å². The second-order valence-corrected chi connectivity index (χ2v) is 5.84. The molecule has 0 atom stereocenters. The van der Waals surface area contributed by atoms with Crippen LogP contribution in [0, 0.1) is 0 Å². The maximum atomic E-state index is 12.2. The Hall–Kier alpha value is -2.08. The highest BCUT2D eigenvalue weighted by Crippen LogP contribution is 2.12. The fraction of sp³-hybridized carbons (Fsp3) is 0.529. The number of ether oxygens (including phenoxy) is 2. The van der Waals surface area contributed by atoms with Crippen LogP contribution in [0.2, 0.25) is 0 Å². The normalized spacial score (nSPS) is 16.0. The molecule has 1 heterocycles. The van der Waals surface area contributed by atoms with Crippen molar-refractivity contribution in [2.24, 2.45) is 0 Å². The molecule has 0 N–H and O–H groups in total. The minimum Gasteiger partial charge on any atom is -0.462 e. The predicted molar refractivity (Wildman–Crippen MR) is 86.3 cm³/mol. The van der Waals surface area contributed by atoms with Crippen LogP contribution in [-0.2, 0) is 9.53 Å². The van der Waals surface area contributed by atoms with Gasteiger partial charge in [-0.2, -0.15) is 0 Å². The first-order chi connectivity index (χ1) is 11.0. The highest BCUT2D eigenvalue weighted by atomic mass is 16.6. The Morgan fingerprint density at radius 1 is 1.09 bits per heavy atom. The van der Waals surface area contributed by atoms with Gasteiger partial charge in [-0.3, -0.25) is 9.69 Å². The molecule has 0 unspecified atom stereocenters. The van der Waals surface area contributed by atoms with E-state index in [-0.39, 0.29) is 24.7 Å². The van der Waals surface area contributed by atoms with Crippen molar-refractivity contribution in [1.82, 2.24) is 9.80 Å². The maximum absolute atomic E-state index is 12.2. The lowest BCUT2D eigenvalue weighted by Crippen LogP contribution is -2.38. The van der Waals surface area contributed by atoms with E-state index in [0.29, 0.717) is 25.4 Å². The molecule has 1 aliphatic heterocycles. The molecule has 2 rings (SSSR count). The molecule has 0 bridgehead atoms. The third-order valence-corrected chi connectivity index (χ3v) is 3.51. The fourth-order valence-corrected chi connectivity index (χ4v) is 2.45. The molecule has 1 fully saturated rings. The average molecular weight is 320 g/mol. The molecule has 1 aromatic carbocycles. The first-order valence-electron chi connectivity index (χ1n) is 7.98. The number of esters is 1. The molecule has 6 heteroatoms. The summed E-state index contributed by atoms with van der Waals surface area (Å²) in [7, 11) is 0. The molecule has 1 aromatic rings. The zero-order valence-corrected chi connectivity index (χ0v) is 13.7.